The van der Waals surface area contributed by atoms with Gasteiger partial charge in [-0.15, -0.1) is 0 Å². The number of methoxy groups -OCH3 is 1. The Labute approximate surface area is 74.4 Å². The van der Waals surface area contributed by atoms with Gasteiger partial charge in [0.1, 0.15) is 0 Å². The van der Waals surface area contributed by atoms with Crippen molar-refractivity contribution in [2.45, 2.75) is 12.8 Å². The molecule has 0 atom stereocenters. The van der Waals surface area contributed by atoms with Crippen LogP contribution in [0.15, 0.2) is 0 Å². The molecule has 0 saturated heterocycles. The van der Waals surface area contributed by atoms with E-state index in [0.717, 1.165) is 0 Å². The minimum atomic E-state index is -1.23. The maximum atomic E-state index is 10.7. The molecule has 1 N–H and O–H groups in total. The van der Waals surface area contributed by atoms with Crippen LogP contribution in [0.4, 0.5) is 0 Å². The number of carbonyl (C=O) groups excluding carboxylic acids is 2. The summed E-state index contributed by atoms with van der Waals surface area (Å²) in [6.07, 6.45) is -0.269. The van der Waals surface area contributed by atoms with Gasteiger partial charge < -0.3 is 14.6 Å². The molecule has 74 valence electrons. The second-order valence-corrected chi connectivity index (χ2v) is 2.13. The van der Waals surface area contributed by atoms with Crippen LogP contribution in [-0.4, -0.2) is 36.7 Å². The van der Waals surface area contributed by atoms with E-state index in [2.05, 4.69) is 9.47 Å². The van der Waals surface area contributed by atoms with Crippen molar-refractivity contribution in [3.8, 4) is 0 Å². The summed E-state index contributed by atoms with van der Waals surface area (Å²) < 4.78 is 8.52. The minimum Gasteiger partial charge on any atom is -0.479 e. The van der Waals surface area contributed by atoms with Crippen molar-refractivity contribution in [1.29, 1.82) is 0 Å². The third-order valence-electron chi connectivity index (χ3n) is 1.12. The van der Waals surface area contributed by atoms with Crippen LogP contribution < -0.4 is 0 Å². The van der Waals surface area contributed by atoms with Crippen molar-refractivity contribution in [2.75, 3.05) is 13.7 Å². The molecule has 0 aromatic heterocycles. The Morgan fingerprint density at radius 2 is 1.69 bits per heavy atom. The smallest absolute Gasteiger partial charge is 0.341 e. The number of carboxylic acid groups (broad SMARTS) is 1. The number of carbonyl (C=O) groups is 3. The van der Waals surface area contributed by atoms with E-state index in [9.17, 15) is 14.4 Å². The number of ether oxygens (including phenoxy) is 2. The Hall–Kier alpha value is -1.59. The molecule has 6 nitrogen and oxygen atoms in total. The van der Waals surface area contributed by atoms with Gasteiger partial charge in [0.15, 0.2) is 6.61 Å². The highest BCUT2D eigenvalue weighted by atomic mass is 16.6. The first kappa shape index (κ1) is 11.4. The normalized spacial score (nSPS) is 9.00. The number of esters is 2. The van der Waals surface area contributed by atoms with Crippen LogP contribution in [0, 0.1) is 0 Å². The van der Waals surface area contributed by atoms with Gasteiger partial charge in [-0.25, -0.2) is 4.79 Å². The average Bonchev–Trinajstić information content (AvgIpc) is 2.10. The molecule has 13 heavy (non-hydrogen) atoms. The molecule has 0 rings (SSSR count). The molecule has 0 aliphatic carbocycles. The molecule has 0 aromatic rings. The SMILES string of the molecule is COC(=O)CCC(=O)OCC(=O)O. The van der Waals surface area contributed by atoms with E-state index < -0.39 is 24.5 Å². The van der Waals surface area contributed by atoms with Crippen LogP contribution in [0.2, 0.25) is 0 Å². The molecule has 0 unspecified atom stereocenters. The highest BCUT2D eigenvalue weighted by molar-refractivity contribution is 5.79. The minimum absolute atomic E-state index is 0.102. The van der Waals surface area contributed by atoms with Crippen molar-refractivity contribution in [2.24, 2.45) is 0 Å². The molecular formula is C7H10O6. The van der Waals surface area contributed by atoms with Crippen LogP contribution >= 0.6 is 0 Å². The molecule has 0 aliphatic rings. The number of hydrogen-bond acceptors (Lipinski definition) is 5. The van der Waals surface area contributed by atoms with Crippen LogP contribution in [0.1, 0.15) is 12.8 Å². The van der Waals surface area contributed by atoms with Crippen molar-refractivity contribution < 1.29 is 29.0 Å². The van der Waals surface area contributed by atoms with Crippen LogP contribution in [0.3, 0.4) is 0 Å². The van der Waals surface area contributed by atoms with Gasteiger partial charge in [-0.1, -0.05) is 0 Å². The van der Waals surface area contributed by atoms with E-state index >= 15 is 0 Å². The van der Waals surface area contributed by atoms with Gasteiger partial charge in [0.05, 0.1) is 20.0 Å². The summed E-state index contributed by atoms with van der Waals surface area (Å²) in [7, 11) is 1.20. The lowest BCUT2D eigenvalue weighted by molar-refractivity contribution is -0.156. The molecule has 0 aliphatic heterocycles. The predicted octanol–water partition coefficient (Wildman–Crippen LogP) is -0.433. The molecule has 0 heterocycles. The first-order valence-corrected chi connectivity index (χ1v) is 3.50. The first-order valence-electron chi connectivity index (χ1n) is 3.50. The van der Waals surface area contributed by atoms with E-state index in [1.807, 2.05) is 0 Å². The van der Waals surface area contributed by atoms with Gasteiger partial charge in [0.25, 0.3) is 0 Å². The van der Waals surface area contributed by atoms with Gasteiger partial charge in [-0.3, -0.25) is 9.59 Å². The Morgan fingerprint density at radius 1 is 1.15 bits per heavy atom. The zero-order valence-corrected chi connectivity index (χ0v) is 7.11. The van der Waals surface area contributed by atoms with Gasteiger partial charge >= 0.3 is 17.9 Å². The van der Waals surface area contributed by atoms with Crippen molar-refractivity contribution in [1.82, 2.24) is 0 Å². The second-order valence-electron chi connectivity index (χ2n) is 2.13. The van der Waals surface area contributed by atoms with E-state index in [1.54, 1.807) is 0 Å². The summed E-state index contributed by atoms with van der Waals surface area (Å²) in [5, 5.41) is 8.12. The quantitative estimate of drug-likeness (QED) is 0.591. The van der Waals surface area contributed by atoms with Gasteiger partial charge in [0.2, 0.25) is 0 Å². The fourth-order valence-corrected chi connectivity index (χ4v) is 0.521. The Balaban J connectivity index is 3.52. The summed E-state index contributed by atoms with van der Waals surface area (Å²) in [5.74, 6) is -2.49. The van der Waals surface area contributed by atoms with Crippen molar-refractivity contribution in [3.05, 3.63) is 0 Å². The fraction of sp³-hybridized carbons (Fsp3) is 0.571. The molecule has 6 heteroatoms. The summed E-state index contributed by atoms with van der Waals surface area (Å²) >= 11 is 0. The number of hydrogen-bond donors (Lipinski definition) is 1. The third kappa shape index (κ3) is 6.79. The predicted molar refractivity (Wildman–Crippen MR) is 39.8 cm³/mol. The summed E-state index contributed by atoms with van der Waals surface area (Å²) in [5.41, 5.74) is 0. The van der Waals surface area contributed by atoms with Gasteiger partial charge in [0, 0.05) is 0 Å². The lowest BCUT2D eigenvalue weighted by Crippen LogP contribution is -2.14. The van der Waals surface area contributed by atoms with Crippen LogP contribution in [0.5, 0.6) is 0 Å². The molecule has 0 fully saturated rings. The number of carboxylic acids is 1. The molecule has 0 radical (unpaired) electrons. The van der Waals surface area contributed by atoms with Crippen LogP contribution in [0.25, 0.3) is 0 Å². The molecule has 0 spiro atoms. The topological polar surface area (TPSA) is 89.9 Å². The summed E-state index contributed by atoms with van der Waals surface area (Å²) in [4.78, 5) is 31.1. The average molecular weight is 190 g/mol. The van der Waals surface area contributed by atoms with E-state index in [0.29, 0.717) is 0 Å². The third-order valence-corrected chi connectivity index (χ3v) is 1.12. The Morgan fingerprint density at radius 3 is 2.15 bits per heavy atom. The fourth-order valence-electron chi connectivity index (χ4n) is 0.521. The monoisotopic (exact) mass is 190 g/mol. The zero-order chi connectivity index (χ0) is 10.3. The lowest BCUT2D eigenvalue weighted by atomic mass is 10.3. The molecule has 0 aromatic carbocycles. The standard InChI is InChI=1S/C7H10O6/c1-12-6(10)2-3-7(11)13-4-5(8)9/h2-4H2,1H3,(H,8,9). The molecule has 0 saturated carbocycles. The molecule has 0 bridgehead atoms. The highest BCUT2D eigenvalue weighted by Gasteiger charge is 2.09. The second kappa shape index (κ2) is 5.99. The van der Waals surface area contributed by atoms with Crippen molar-refractivity contribution >= 4 is 17.9 Å². The lowest BCUT2D eigenvalue weighted by Gasteiger charge is -2.00. The number of rotatable bonds is 5. The maximum Gasteiger partial charge on any atom is 0.341 e. The number of aliphatic carboxylic acids is 1. The van der Waals surface area contributed by atoms with Gasteiger partial charge in [-0.2, -0.15) is 0 Å². The Bertz CT molecular complexity index is 209. The summed E-state index contributed by atoms with van der Waals surface area (Å²) in [6.45, 7) is -0.681. The highest BCUT2D eigenvalue weighted by Crippen LogP contribution is 1.94. The molecular weight excluding hydrogens is 180 g/mol. The van der Waals surface area contributed by atoms with Crippen LogP contribution in [-0.2, 0) is 23.9 Å². The van der Waals surface area contributed by atoms with E-state index in [1.165, 1.54) is 7.11 Å². The molecule has 0 amide bonds. The van der Waals surface area contributed by atoms with Crippen molar-refractivity contribution in [3.63, 3.8) is 0 Å². The van der Waals surface area contributed by atoms with E-state index in [4.69, 9.17) is 5.11 Å². The van der Waals surface area contributed by atoms with Gasteiger partial charge in [-0.05, 0) is 0 Å². The summed E-state index contributed by atoms with van der Waals surface area (Å²) in [6, 6.07) is 0. The zero-order valence-electron chi connectivity index (χ0n) is 7.11. The first-order chi connectivity index (χ1) is 6.06. The maximum absolute atomic E-state index is 10.7. The van der Waals surface area contributed by atoms with E-state index in [-0.39, 0.29) is 12.8 Å². The Kier molecular flexibility index (Phi) is 5.25. The largest absolute Gasteiger partial charge is 0.479 e.